The molecule has 0 aromatic heterocycles. The predicted molar refractivity (Wildman–Crippen MR) is 77.2 cm³/mol. The molecular formula is C16H14F2N2. The van der Waals surface area contributed by atoms with Gasteiger partial charge in [0.25, 0.3) is 0 Å². The van der Waals surface area contributed by atoms with E-state index in [4.69, 9.17) is 0 Å². The molecule has 20 heavy (non-hydrogen) atoms. The average molecular weight is 272 g/mol. The Morgan fingerprint density at radius 1 is 0.900 bits per heavy atom. The third kappa shape index (κ3) is 3.51. The van der Waals surface area contributed by atoms with E-state index in [1.54, 1.807) is 31.2 Å². The molecule has 2 aromatic carbocycles. The summed E-state index contributed by atoms with van der Waals surface area (Å²) in [6.45, 7) is 5.64. The number of hydrazone groups is 1. The van der Waals surface area contributed by atoms with Gasteiger partial charge in [0.2, 0.25) is 0 Å². The first-order chi connectivity index (χ1) is 9.56. The Kier molecular flexibility index (Phi) is 4.25. The molecule has 0 radical (unpaired) electrons. The third-order valence-electron chi connectivity index (χ3n) is 2.81. The van der Waals surface area contributed by atoms with Crippen LogP contribution in [0.15, 0.2) is 60.2 Å². The van der Waals surface area contributed by atoms with Crippen LogP contribution in [-0.2, 0) is 0 Å². The van der Waals surface area contributed by atoms with Gasteiger partial charge in [-0.3, -0.25) is 5.43 Å². The lowest BCUT2D eigenvalue weighted by Gasteiger charge is -2.07. The van der Waals surface area contributed by atoms with E-state index in [1.807, 2.05) is 0 Å². The summed E-state index contributed by atoms with van der Waals surface area (Å²) in [5, 5.41) is 4.17. The van der Waals surface area contributed by atoms with E-state index in [0.717, 1.165) is 11.1 Å². The fourth-order valence-corrected chi connectivity index (χ4v) is 1.62. The van der Waals surface area contributed by atoms with Gasteiger partial charge in [0.15, 0.2) is 0 Å². The molecule has 0 aliphatic heterocycles. The second kappa shape index (κ2) is 6.10. The average Bonchev–Trinajstić information content (AvgIpc) is 2.46. The lowest BCUT2D eigenvalue weighted by molar-refractivity contribution is 0.627. The van der Waals surface area contributed by atoms with Crippen molar-refractivity contribution in [3.63, 3.8) is 0 Å². The van der Waals surface area contributed by atoms with E-state index in [-0.39, 0.29) is 11.6 Å². The Labute approximate surface area is 116 Å². The number of benzene rings is 2. The molecule has 0 spiro atoms. The van der Waals surface area contributed by atoms with Crippen molar-refractivity contribution < 1.29 is 8.78 Å². The monoisotopic (exact) mass is 272 g/mol. The molecule has 0 bridgehead atoms. The summed E-state index contributed by atoms with van der Waals surface area (Å²) in [4.78, 5) is 0. The summed E-state index contributed by atoms with van der Waals surface area (Å²) in [5.41, 5.74) is 5.64. The maximum absolute atomic E-state index is 12.8. The van der Waals surface area contributed by atoms with Gasteiger partial charge >= 0.3 is 0 Å². The Morgan fingerprint density at radius 3 is 1.85 bits per heavy atom. The molecular weight excluding hydrogens is 258 g/mol. The maximum atomic E-state index is 12.8. The highest BCUT2D eigenvalue weighted by Gasteiger charge is 2.00. The first-order valence-corrected chi connectivity index (χ1v) is 6.07. The standard InChI is InChI=1S/C16H14F2N2/c1-11(13-3-7-15(17)8-4-13)19-20-12(2)14-5-9-16(18)10-6-14/h3-10,19H,1H2,2H3. The van der Waals surface area contributed by atoms with E-state index in [2.05, 4.69) is 17.1 Å². The van der Waals surface area contributed by atoms with Gasteiger partial charge in [-0.2, -0.15) is 5.10 Å². The van der Waals surface area contributed by atoms with Crippen molar-refractivity contribution in [3.05, 3.63) is 77.9 Å². The van der Waals surface area contributed by atoms with E-state index >= 15 is 0 Å². The van der Waals surface area contributed by atoms with E-state index in [9.17, 15) is 8.78 Å². The van der Waals surface area contributed by atoms with Crippen molar-refractivity contribution >= 4 is 11.4 Å². The summed E-state index contributed by atoms with van der Waals surface area (Å²) < 4.78 is 25.6. The molecule has 2 rings (SSSR count). The summed E-state index contributed by atoms with van der Waals surface area (Å²) in [6, 6.07) is 12.0. The maximum Gasteiger partial charge on any atom is 0.123 e. The van der Waals surface area contributed by atoms with Crippen molar-refractivity contribution in [2.75, 3.05) is 0 Å². The fraction of sp³-hybridized carbons (Fsp3) is 0.0625. The third-order valence-corrected chi connectivity index (χ3v) is 2.81. The van der Waals surface area contributed by atoms with Crippen LogP contribution in [0.2, 0.25) is 0 Å². The van der Waals surface area contributed by atoms with Gasteiger partial charge in [-0.05, 0) is 54.4 Å². The van der Waals surface area contributed by atoms with Gasteiger partial charge in [-0.15, -0.1) is 0 Å². The number of halogens is 2. The van der Waals surface area contributed by atoms with E-state index < -0.39 is 0 Å². The molecule has 0 amide bonds. The topological polar surface area (TPSA) is 24.4 Å². The highest BCUT2D eigenvalue weighted by Crippen LogP contribution is 2.11. The SMILES string of the molecule is C=C(NN=C(C)c1ccc(F)cc1)c1ccc(F)cc1. The molecule has 0 unspecified atom stereocenters. The highest BCUT2D eigenvalue weighted by molar-refractivity contribution is 5.98. The normalized spacial score (nSPS) is 11.2. The Morgan fingerprint density at radius 2 is 1.35 bits per heavy atom. The lowest BCUT2D eigenvalue weighted by Crippen LogP contribution is -2.07. The van der Waals surface area contributed by atoms with Crippen molar-refractivity contribution in [2.24, 2.45) is 5.10 Å². The van der Waals surface area contributed by atoms with Gasteiger partial charge in [0.1, 0.15) is 11.6 Å². The van der Waals surface area contributed by atoms with Gasteiger partial charge in [0.05, 0.1) is 11.4 Å². The van der Waals surface area contributed by atoms with Crippen molar-refractivity contribution in [1.29, 1.82) is 0 Å². The summed E-state index contributed by atoms with van der Waals surface area (Å²) in [7, 11) is 0. The van der Waals surface area contributed by atoms with Gasteiger partial charge in [0, 0.05) is 0 Å². The van der Waals surface area contributed by atoms with Crippen LogP contribution in [0.4, 0.5) is 8.78 Å². The van der Waals surface area contributed by atoms with Crippen LogP contribution in [0.5, 0.6) is 0 Å². The molecule has 1 N–H and O–H groups in total. The zero-order valence-electron chi connectivity index (χ0n) is 11.0. The van der Waals surface area contributed by atoms with Crippen LogP contribution in [-0.4, -0.2) is 5.71 Å². The Hall–Kier alpha value is -2.49. The highest BCUT2D eigenvalue weighted by atomic mass is 19.1. The number of rotatable bonds is 4. The second-order valence-electron chi connectivity index (χ2n) is 4.30. The van der Waals surface area contributed by atoms with Crippen molar-refractivity contribution in [3.8, 4) is 0 Å². The first-order valence-electron chi connectivity index (χ1n) is 6.07. The number of nitrogens with zero attached hydrogens (tertiary/aromatic N) is 1. The molecule has 2 aromatic rings. The smallest absolute Gasteiger partial charge is 0.123 e. The minimum absolute atomic E-state index is 0.287. The fourth-order valence-electron chi connectivity index (χ4n) is 1.62. The number of hydrogen-bond donors (Lipinski definition) is 1. The zero-order chi connectivity index (χ0) is 14.5. The van der Waals surface area contributed by atoms with Gasteiger partial charge in [-0.25, -0.2) is 8.78 Å². The van der Waals surface area contributed by atoms with Gasteiger partial charge < -0.3 is 0 Å². The molecule has 102 valence electrons. The molecule has 0 atom stereocenters. The van der Waals surface area contributed by atoms with Crippen LogP contribution in [0.25, 0.3) is 5.70 Å². The van der Waals surface area contributed by atoms with Crippen molar-refractivity contribution in [1.82, 2.24) is 5.43 Å². The van der Waals surface area contributed by atoms with E-state index in [0.29, 0.717) is 11.4 Å². The van der Waals surface area contributed by atoms with Crippen molar-refractivity contribution in [2.45, 2.75) is 6.92 Å². The van der Waals surface area contributed by atoms with Crippen LogP contribution < -0.4 is 5.43 Å². The Balaban J connectivity index is 2.06. The zero-order valence-corrected chi connectivity index (χ0v) is 11.0. The number of hydrogen-bond acceptors (Lipinski definition) is 2. The lowest BCUT2D eigenvalue weighted by atomic mass is 10.1. The largest absolute Gasteiger partial charge is 0.278 e. The summed E-state index contributed by atoms with van der Waals surface area (Å²) >= 11 is 0. The Bertz CT molecular complexity index is 629. The van der Waals surface area contributed by atoms with E-state index in [1.165, 1.54) is 24.3 Å². The van der Waals surface area contributed by atoms with Crippen LogP contribution >= 0.6 is 0 Å². The number of nitrogens with one attached hydrogen (secondary N) is 1. The second-order valence-corrected chi connectivity index (χ2v) is 4.30. The molecule has 0 fully saturated rings. The molecule has 0 saturated heterocycles. The van der Waals surface area contributed by atoms with Gasteiger partial charge in [-0.1, -0.05) is 18.7 Å². The molecule has 0 aliphatic rings. The molecule has 2 nitrogen and oxygen atoms in total. The molecule has 0 saturated carbocycles. The van der Waals surface area contributed by atoms with Crippen LogP contribution in [0, 0.1) is 11.6 Å². The molecule has 4 heteroatoms. The molecule has 0 heterocycles. The minimum atomic E-state index is -0.299. The molecule has 0 aliphatic carbocycles. The van der Waals surface area contributed by atoms with Crippen LogP contribution in [0.1, 0.15) is 18.1 Å². The first kappa shape index (κ1) is 13.9. The van der Waals surface area contributed by atoms with Crippen LogP contribution in [0.3, 0.4) is 0 Å². The minimum Gasteiger partial charge on any atom is -0.278 e. The summed E-state index contributed by atoms with van der Waals surface area (Å²) in [5.74, 6) is -0.585. The quantitative estimate of drug-likeness (QED) is 0.661. The predicted octanol–water partition coefficient (Wildman–Crippen LogP) is 3.95. The summed E-state index contributed by atoms with van der Waals surface area (Å²) in [6.07, 6.45) is 0.